The molecule has 2 rings (SSSR count). The lowest BCUT2D eigenvalue weighted by Crippen LogP contribution is -2.08. The normalized spacial score (nSPS) is 11.9. The molecule has 0 aliphatic carbocycles. The minimum absolute atomic E-state index is 0.0226. The minimum atomic E-state index is -0.235. The number of benzene rings is 1. The van der Waals surface area contributed by atoms with Crippen LogP contribution in [0, 0.1) is 5.82 Å². The lowest BCUT2D eigenvalue weighted by atomic mass is 10.1. The van der Waals surface area contributed by atoms with Gasteiger partial charge in [-0.05, 0) is 36.8 Å². The van der Waals surface area contributed by atoms with Crippen LogP contribution in [0.1, 0.15) is 18.5 Å². The van der Waals surface area contributed by atoms with Gasteiger partial charge in [0.2, 0.25) is 0 Å². The molecular weight excluding hydrogens is 231 g/mol. The SMILES string of the molecule is COc1cccnc1NC(C)c1ccc(F)cc1. The Morgan fingerprint density at radius 3 is 2.61 bits per heavy atom. The second kappa shape index (κ2) is 5.49. The highest BCUT2D eigenvalue weighted by Gasteiger charge is 2.09. The van der Waals surface area contributed by atoms with Crippen molar-refractivity contribution in [3.05, 3.63) is 54.0 Å². The number of hydrogen-bond acceptors (Lipinski definition) is 3. The van der Waals surface area contributed by atoms with Gasteiger partial charge in [-0.25, -0.2) is 9.37 Å². The molecule has 0 saturated carbocycles. The topological polar surface area (TPSA) is 34.1 Å². The van der Waals surface area contributed by atoms with Crippen LogP contribution in [0.5, 0.6) is 5.75 Å². The van der Waals surface area contributed by atoms with Gasteiger partial charge in [-0.1, -0.05) is 12.1 Å². The van der Waals surface area contributed by atoms with E-state index in [4.69, 9.17) is 4.74 Å². The predicted octanol–water partition coefficient (Wildman–Crippen LogP) is 3.40. The highest BCUT2D eigenvalue weighted by molar-refractivity contribution is 5.50. The standard InChI is InChI=1S/C14H15FN2O/c1-10(11-5-7-12(15)8-6-11)17-14-13(18-2)4-3-9-16-14/h3-10H,1-2H3,(H,16,17). The highest BCUT2D eigenvalue weighted by Crippen LogP contribution is 2.25. The number of nitrogens with one attached hydrogen (secondary N) is 1. The first-order chi connectivity index (χ1) is 8.70. The summed E-state index contributed by atoms with van der Waals surface area (Å²) in [6, 6.07) is 10.1. The molecule has 1 aromatic heterocycles. The fourth-order valence-electron chi connectivity index (χ4n) is 1.70. The monoisotopic (exact) mass is 246 g/mol. The number of rotatable bonds is 4. The van der Waals surface area contributed by atoms with Crippen molar-refractivity contribution < 1.29 is 9.13 Å². The van der Waals surface area contributed by atoms with Crippen molar-refractivity contribution in [3.8, 4) is 5.75 Å². The number of aromatic nitrogens is 1. The third kappa shape index (κ3) is 2.77. The molecule has 1 heterocycles. The Labute approximate surface area is 106 Å². The highest BCUT2D eigenvalue weighted by atomic mass is 19.1. The summed E-state index contributed by atoms with van der Waals surface area (Å²) >= 11 is 0. The maximum Gasteiger partial charge on any atom is 0.169 e. The molecule has 1 aromatic carbocycles. The van der Waals surface area contributed by atoms with Crippen molar-refractivity contribution in [2.45, 2.75) is 13.0 Å². The fraction of sp³-hybridized carbons (Fsp3) is 0.214. The molecular formula is C14H15FN2O. The minimum Gasteiger partial charge on any atom is -0.493 e. The summed E-state index contributed by atoms with van der Waals surface area (Å²) < 4.78 is 18.1. The molecule has 0 spiro atoms. The van der Waals surface area contributed by atoms with E-state index in [0.29, 0.717) is 11.6 Å². The summed E-state index contributed by atoms with van der Waals surface area (Å²) in [7, 11) is 1.60. The van der Waals surface area contributed by atoms with E-state index in [2.05, 4.69) is 10.3 Å². The summed E-state index contributed by atoms with van der Waals surface area (Å²) in [5.74, 6) is 1.13. The van der Waals surface area contributed by atoms with Crippen molar-refractivity contribution in [3.63, 3.8) is 0 Å². The molecule has 94 valence electrons. The summed E-state index contributed by atoms with van der Waals surface area (Å²) in [6.07, 6.45) is 1.70. The van der Waals surface area contributed by atoms with Gasteiger partial charge in [-0.2, -0.15) is 0 Å². The van der Waals surface area contributed by atoms with Gasteiger partial charge in [-0.3, -0.25) is 0 Å². The van der Waals surface area contributed by atoms with Crippen molar-refractivity contribution >= 4 is 5.82 Å². The molecule has 1 atom stereocenters. The number of ether oxygens (including phenoxy) is 1. The van der Waals surface area contributed by atoms with E-state index in [1.165, 1.54) is 12.1 Å². The molecule has 4 heteroatoms. The third-order valence-corrected chi connectivity index (χ3v) is 2.71. The Bertz CT molecular complexity index is 513. The van der Waals surface area contributed by atoms with Crippen LogP contribution in [0.15, 0.2) is 42.6 Å². The van der Waals surface area contributed by atoms with Crippen LogP contribution < -0.4 is 10.1 Å². The Morgan fingerprint density at radius 2 is 1.94 bits per heavy atom. The molecule has 0 amide bonds. The van der Waals surface area contributed by atoms with Crippen LogP contribution in [0.25, 0.3) is 0 Å². The van der Waals surface area contributed by atoms with Crippen LogP contribution in [-0.2, 0) is 0 Å². The zero-order chi connectivity index (χ0) is 13.0. The van der Waals surface area contributed by atoms with Crippen LogP contribution in [-0.4, -0.2) is 12.1 Å². The summed E-state index contributed by atoms with van der Waals surface area (Å²) in [6.45, 7) is 1.99. The zero-order valence-corrected chi connectivity index (χ0v) is 10.4. The van der Waals surface area contributed by atoms with Crippen molar-refractivity contribution in [2.24, 2.45) is 0 Å². The van der Waals surface area contributed by atoms with E-state index in [-0.39, 0.29) is 11.9 Å². The van der Waals surface area contributed by atoms with Gasteiger partial charge in [-0.15, -0.1) is 0 Å². The largest absolute Gasteiger partial charge is 0.493 e. The van der Waals surface area contributed by atoms with Gasteiger partial charge in [0.25, 0.3) is 0 Å². The maximum absolute atomic E-state index is 12.8. The second-order valence-electron chi connectivity index (χ2n) is 3.97. The quantitative estimate of drug-likeness (QED) is 0.897. The maximum atomic E-state index is 12.8. The molecule has 0 aliphatic heterocycles. The Morgan fingerprint density at radius 1 is 1.22 bits per heavy atom. The lowest BCUT2D eigenvalue weighted by Gasteiger charge is -2.16. The fourth-order valence-corrected chi connectivity index (χ4v) is 1.70. The average Bonchev–Trinajstić information content (AvgIpc) is 2.40. The first-order valence-corrected chi connectivity index (χ1v) is 5.71. The van der Waals surface area contributed by atoms with Crippen molar-refractivity contribution in [1.29, 1.82) is 0 Å². The summed E-state index contributed by atoms with van der Waals surface area (Å²) in [5, 5.41) is 3.24. The molecule has 2 aromatic rings. The molecule has 18 heavy (non-hydrogen) atoms. The van der Waals surface area contributed by atoms with Gasteiger partial charge in [0.1, 0.15) is 5.82 Å². The van der Waals surface area contributed by atoms with E-state index < -0.39 is 0 Å². The molecule has 0 fully saturated rings. The Balaban J connectivity index is 2.15. The third-order valence-electron chi connectivity index (χ3n) is 2.71. The number of anilines is 1. The molecule has 1 N–H and O–H groups in total. The lowest BCUT2D eigenvalue weighted by molar-refractivity contribution is 0.414. The number of halogens is 1. The van der Waals surface area contributed by atoms with Crippen LogP contribution in [0.4, 0.5) is 10.2 Å². The molecule has 1 unspecified atom stereocenters. The van der Waals surface area contributed by atoms with Gasteiger partial charge < -0.3 is 10.1 Å². The molecule has 0 aliphatic rings. The second-order valence-corrected chi connectivity index (χ2v) is 3.97. The van der Waals surface area contributed by atoms with Crippen LogP contribution >= 0.6 is 0 Å². The van der Waals surface area contributed by atoms with E-state index in [0.717, 1.165) is 5.56 Å². The number of pyridine rings is 1. The van der Waals surface area contributed by atoms with Crippen LogP contribution in [0.3, 0.4) is 0 Å². The summed E-state index contributed by atoms with van der Waals surface area (Å²) in [5.41, 5.74) is 0.990. The van der Waals surface area contributed by atoms with E-state index in [1.807, 2.05) is 19.1 Å². The van der Waals surface area contributed by atoms with Crippen molar-refractivity contribution in [2.75, 3.05) is 12.4 Å². The van der Waals surface area contributed by atoms with Crippen LogP contribution in [0.2, 0.25) is 0 Å². The zero-order valence-electron chi connectivity index (χ0n) is 10.4. The van der Waals surface area contributed by atoms with Crippen molar-refractivity contribution in [1.82, 2.24) is 4.98 Å². The number of methoxy groups -OCH3 is 1. The smallest absolute Gasteiger partial charge is 0.169 e. The molecule has 0 bridgehead atoms. The van der Waals surface area contributed by atoms with Gasteiger partial charge in [0.15, 0.2) is 11.6 Å². The first-order valence-electron chi connectivity index (χ1n) is 5.71. The number of hydrogen-bond donors (Lipinski definition) is 1. The van der Waals surface area contributed by atoms with Gasteiger partial charge in [0.05, 0.1) is 13.2 Å². The van der Waals surface area contributed by atoms with Gasteiger partial charge in [0, 0.05) is 6.20 Å². The van der Waals surface area contributed by atoms with Gasteiger partial charge >= 0.3 is 0 Å². The van der Waals surface area contributed by atoms with E-state index in [1.54, 1.807) is 25.4 Å². The van der Waals surface area contributed by atoms with E-state index >= 15 is 0 Å². The first kappa shape index (κ1) is 12.4. The predicted molar refractivity (Wildman–Crippen MR) is 69.2 cm³/mol. The average molecular weight is 246 g/mol. The molecule has 0 saturated heterocycles. The Kier molecular flexibility index (Phi) is 3.77. The summed E-state index contributed by atoms with van der Waals surface area (Å²) in [4.78, 5) is 4.22. The molecule has 3 nitrogen and oxygen atoms in total. The number of nitrogens with zero attached hydrogens (tertiary/aromatic N) is 1. The van der Waals surface area contributed by atoms with E-state index in [9.17, 15) is 4.39 Å². The molecule has 0 radical (unpaired) electrons. The Hall–Kier alpha value is -2.10.